The normalized spacial score (nSPS) is 13.4. The van der Waals surface area contributed by atoms with Gasteiger partial charge in [0.2, 0.25) is 0 Å². The van der Waals surface area contributed by atoms with Crippen LogP contribution in [-0.4, -0.2) is 29.7 Å². The molecule has 6 heteroatoms. The fourth-order valence-electron chi connectivity index (χ4n) is 0.903. The molecule has 2 amide bonds. The van der Waals surface area contributed by atoms with Crippen molar-refractivity contribution < 1.29 is 10.0 Å². The van der Waals surface area contributed by atoms with Gasteiger partial charge in [0.1, 0.15) is 0 Å². The summed E-state index contributed by atoms with van der Waals surface area (Å²) in [6.45, 7) is 4.41. The minimum absolute atomic E-state index is 0.0131. The summed E-state index contributed by atoms with van der Waals surface area (Å²) in [5.41, 5.74) is 5.36. The fourth-order valence-corrected chi connectivity index (χ4v) is 0.903. The first-order valence-corrected chi connectivity index (χ1v) is 4.67. The average molecular weight is 202 g/mol. The smallest absolute Gasteiger partial charge is 0.315 e. The molecule has 0 aromatic carbocycles. The molecule has 5 N–H and O–H groups in total. The Balaban J connectivity index is 3.99. The third-order valence-corrected chi connectivity index (χ3v) is 1.72. The van der Waals surface area contributed by atoms with E-state index in [0.29, 0.717) is 13.0 Å². The Hall–Kier alpha value is -1.46. The lowest BCUT2D eigenvalue weighted by atomic mass is 10.2. The van der Waals surface area contributed by atoms with Crippen molar-refractivity contribution in [3.05, 3.63) is 0 Å². The Bertz CT molecular complexity index is 206. The SMILES string of the molecule is CCCNC(=O)NC(CC)/C(N)=N/O. The van der Waals surface area contributed by atoms with E-state index in [1.807, 2.05) is 13.8 Å². The highest BCUT2D eigenvalue weighted by molar-refractivity contribution is 5.89. The van der Waals surface area contributed by atoms with Gasteiger partial charge in [-0.3, -0.25) is 0 Å². The Morgan fingerprint density at radius 3 is 2.64 bits per heavy atom. The minimum Gasteiger partial charge on any atom is -0.409 e. The van der Waals surface area contributed by atoms with Gasteiger partial charge in [0, 0.05) is 6.54 Å². The number of hydrogen-bond donors (Lipinski definition) is 4. The van der Waals surface area contributed by atoms with Gasteiger partial charge in [-0.05, 0) is 12.8 Å². The number of carbonyl (C=O) groups excluding carboxylic acids is 1. The van der Waals surface area contributed by atoms with Crippen molar-refractivity contribution in [2.45, 2.75) is 32.7 Å². The van der Waals surface area contributed by atoms with E-state index < -0.39 is 6.04 Å². The topological polar surface area (TPSA) is 99.7 Å². The van der Waals surface area contributed by atoms with Crippen LogP contribution in [0.3, 0.4) is 0 Å². The Morgan fingerprint density at radius 1 is 1.57 bits per heavy atom. The van der Waals surface area contributed by atoms with Crippen LogP contribution in [0.4, 0.5) is 4.79 Å². The molecule has 82 valence electrons. The Kier molecular flexibility index (Phi) is 6.26. The maximum atomic E-state index is 11.2. The van der Waals surface area contributed by atoms with Gasteiger partial charge in [-0.1, -0.05) is 19.0 Å². The van der Waals surface area contributed by atoms with Gasteiger partial charge in [-0.15, -0.1) is 0 Å². The second-order valence-electron chi connectivity index (χ2n) is 2.89. The molecule has 14 heavy (non-hydrogen) atoms. The Labute approximate surface area is 83.5 Å². The van der Waals surface area contributed by atoms with E-state index in [1.165, 1.54) is 0 Å². The monoisotopic (exact) mass is 202 g/mol. The van der Waals surface area contributed by atoms with Crippen molar-refractivity contribution in [2.75, 3.05) is 6.54 Å². The van der Waals surface area contributed by atoms with Gasteiger partial charge in [0.25, 0.3) is 0 Å². The predicted octanol–water partition coefficient (Wildman–Crippen LogP) is 0.221. The zero-order chi connectivity index (χ0) is 11.0. The molecule has 0 saturated heterocycles. The lowest BCUT2D eigenvalue weighted by molar-refractivity contribution is 0.239. The highest BCUT2D eigenvalue weighted by Gasteiger charge is 2.13. The second kappa shape index (κ2) is 6.99. The highest BCUT2D eigenvalue weighted by atomic mass is 16.4. The summed E-state index contributed by atoms with van der Waals surface area (Å²) in [7, 11) is 0. The van der Waals surface area contributed by atoms with Crippen molar-refractivity contribution >= 4 is 11.9 Å². The molecule has 1 atom stereocenters. The number of amides is 2. The van der Waals surface area contributed by atoms with Crippen LogP contribution in [0.5, 0.6) is 0 Å². The summed E-state index contributed by atoms with van der Waals surface area (Å²) >= 11 is 0. The van der Waals surface area contributed by atoms with E-state index in [-0.39, 0.29) is 11.9 Å². The summed E-state index contributed by atoms with van der Waals surface area (Å²) in [4.78, 5) is 11.2. The molecule has 0 aromatic rings. The number of nitrogens with one attached hydrogen (secondary N) is 2. The lowest BCUT2D eigenvalue weighted by Gasteiger charge is -2.15. The molecule has 0 fully saturated rings. The molecule has 0 aliphatic heterocycles. The van der Waals surface area contributed by atoms with Crippen molar-refractivity contribution in [3.8, 4) is 0 Å². The number of amidine groups is 1. The molecule has 0 spiro atoms. The Morgan fingerprint density at radius 2 is 2.21 bits per heavy atom. The van der Waals surface area contributed by atoms with Gasteiger partial charge < -0.3 is 21.6 Å². The summed E-state index contributed by atoms with van der Waals surface area (Å²) in [6, 6.07) is -0.720. The summed E-state index contributed by atoms with van der Waals surface area (Å²) in [6.07, 6.45) is 1.45. The maximum Gasteiger partial charge on any atom is 0.315 e. The maximum absolute atomic E-state index is 11.2. The van der Waals surface area contributed by atoms with Crippen molar-refractivity contribution in [3.63, 3.8) is 0 Å². The van der Waals surface area contributed by atoms with Crippen LogP contribution in [0.15, 0.2) is 5.16 Å². The molecule has 0 aliphatic carbocycles. The molecule has 0 heterocycles. The van der Waals surface area contributed by atoms with Crippen LogP contribution in [0.2, 0.25) is 0 Å². The molecular weight excluding hydrogens is 184 g/mol. The van der Waals surface area contributed by atoms with Crippen LogP contribution >= 0.6 is 0 Å². The average Bonchev–Trinajstić information content (AvgIpc) is 2.21. The van der Waals surface area contributed by atoms with Crippen LogP contribution in [-0.2, 0) is 0 Å². The van der Waals surface area contributed by atoms with E-state index in [4.69, 9.17) is 10.9 Å². The largest absolute Gasteiger partial charge is 0.409 e. The first-order chi connectivity index (χ1) is 6.65. The molecule has 0 radical (unpaired) electrons. The molecule has 0 aromatic heterocycles. The summed E-state index contributed by atoms with van der Waals surface area (Å²) in [5, 5.41) is 16.5. The van der Waals surface area contributed by atoms with Crippen LogP contribution in [0, 0.1) is 0 Å². The number of rotatable bonds is 5. The number of carbonyl (C=O) groups is 1. The van der Waals surface area contributed by atoms with Gasteiger partial charge in [0.15, 0.2) is 5.84 Å². The van der Waals surface area contributed by atoms with Crippen molar-refractivity contribution in [1.29, 1.82) is 0 Å². The first-order valence-electron chi connectivity index (χ1n) is 4.67. The van der Waals surface area contributed by atoms with E-state index in [2.05, 4.69) is 15.8 Å². The molecular formula is C8H18N4O2. The highest BCUT2D eigenvalue weighted by Crippen LogP contribution is 1.90. The zero-order valence-electron chi connectivity index (χ0n) is 8.58. The van der Waals surface area contributed by atoms with Crippen LogP contribution in [0.1, 0.15) is 26.7 Å². The number of oxime groups is 1. The minimum atomic E-state index is -0.420. The molecule has 0 bridgehead atoms. The standard InChI is InChI=1S/C8H18N4O2/c1-3-5-10-8(13)11-6(4-2)7(9)12-14/h6,14H,3-5H2,1-2H3,(H2,9,12)(H2,10,11,13). The van der Waals surface area contributed by atoms with Gasteiger partial charge in [-0.2, -0.15) is 0 Å². The van der Waals surface area contributed by atoms with E-state index in [9.17, 15) is 4.79 Å². The summed E-state index contributed by atoms with van der Waals surface area (Å²) in [5.74, 6) is 0.0131. The number of hydrogen-bond acceptors (Lipinski definition) is 3. The summed E-state index contributed by atoms with van der Waals surface area (Å²) < 4.78 is 0. The molecule has 0 saturated carbocycles. The fraction of sp³-hybridized carbons (Fsp3) is 0.750. The predicted molar refractivity (Wildman–Crippen MR) is 54.3 cm³/mol. The van der Waals surface area contributed by atoms with E-state index in [1.54, 1.807) is 0 Å². The third kappa shape index (κ3) is 4.54. The quantitative estimate of drug-likeness (QED) is 0.222. The molecule has 6 nitrogen and oxygen atoms in total. The molecule has 0 rings (SSSR count). The first kappa shape index (κ1) is 12.5. The number of urea groups is 1. The van der Waals surface area contributed by atoms with E-state index in [0.717, 1.165) is 6.42 Å². The third-order valence-electron chi connectivity index (χ3n) is 1.72. The zero-order valence-corrected chi connectivity index (χ0v) is 8.58. The molecule has 1 unspecified atom stereocenters. The van der Waals surface area contributed by atoms with Crippen molar-refractivity contribution in [2.24, 2.45) is 10.9 Å². The van der Waals surface area contributed by atoms with Crippen LogP contribution in [0.25, 0.3) is 0 Å². The second-order valence-corrected chi connectivity index (χ2v) is 2.89. The molecule has 0 aliphatic rings. The number of nitrogens with two attached hydrogens (primary N) is 1. The van der Waals surface area contributed by atoms with Gasteiger partial charge in [-0.25, -0.2) is 4.79 Å². The van der Waals surface area contributed by atoms with Gasteiger partial charge in [0.05, 0.1) is 6.04 Å². The van der Waals surface area contributed by atoms with Crippen molar-refractivity contribution in [1.82, 2.24) is 10.6 Å². The van der Waals surface area contributed by atoms with E-state index >= 15 is 0 Å². The number of nitrogens with zero attached hydrogens (tertiary/aromatic N) is 1. The van der Waals surface area contributed by atoms with Crippen LogP contribution < -0.4 is 16.4 Å². The lowest BCUT2D eigenvalue weighted by Crippen LogP contribution is -2.48. The van der Waals surface area contributed by atoms with Gasteiger partial charge >= 0.3 is 6.03 Å².